The largest absolute Gasteiger partial charge is 0.453 e. The van der Waals surface area contributed by atoms with Crippen molar-refractivity contribution in [2.75, 3.05) is 34.4 Å². The summed E-state index contributed by atoms with van der Waals surface area (Å²) in [5, 5.41) is 6.76. The van der Waals surface area contributed by atoms with E-state index in [0.717, 1.165) is 35.6 Å². The molecule has 2 fully saturated rings. The van der Waals surface area contributed by atoms with Gasteiger partial charge in [0.25, 0.3) is 0 Å². The van der Waals surface area contributed by atoms with Crippen molar-refractivity contribution < 1.29 is 46.6 Å². The minimum absolute atomic E-state index is 0.0649. The van der Waals surface area contributed by atoms with Gasteiger partial charge in [-0.15, -0.1) is 0 Å². The molecule has 0 radical (unpaired) electrons. The number of H-pyrrole nitrogens is 2. The fourth-order valence-electron chi connectivity index (χ4n) is 7.51. The van der Waals surface area contributed by atoms with E-state index in [1.807, 2.05) is 38.1 Å². The number of methoxy groups -OCH3 is 3. The monoisotopic (exact) mass is 820 g/mol. The average Bonchev–Trinajstić information content (AvgIpc) is 4.06. The van der Waals surface area contributed by atoms with Gasteiger partial charge in [-0.05, 0) is 73.4 Å². The van der Waals surface area contributed by atoms with E-state index in [0.29, 0.717) is 37.2 Å². The van der Waals surface area contributed by atoms with Crippen molar-refractivity contribution in [3.63, 3.8) is 0 Å². The van der Waals surface area contributed by atoms with Crippen LogP contribution in [0, 0.1) is 17.8 Å². The van der Waals surface area contributed by atoms with Gasteiger partial charge in [0.05, 0.1) is 44.3 Å². The number of nitrogens with one attached hydrogen (secondary N) is 4. The van der Waals surface area contributed by atoms with Crippen molar-refractivity contribution >= 4 is 34.8 Å². The number of hydrogen-bond donors (Lipinski definition) is 4. The van der Waals surface area contributed by atoms with Crippen LogP contribution < -0.4 is 10.6 Å². The van der Waals surface area contributed by atoms with Gasteiger partial charge in [0.2, 0.25) is 11.8 Å². The lowest BCUT2D eigenvalue weighted by Gasteiger charge is -2.30. The SMILES string of the molecule is COC(=O)N[C@H](C(=O)N1CCC[C@H]1c1ncc(-c2ccc3cc(C#Cc4[nH]c([C@@H]5CCCN5C(=O)[C@@H](NC(=O)OC)[C@@H](C)OC)nc4C(F)(F)F)ccc3c2)[nH]1)C(C)C. The van der Waals surface area contributed by atoms with Crippen LogP contribution in [0.25, 0.3) is 22.0 Å². The number of aromatic nitrogens is 4. The Hall–Kier alpha value is -6.09. The van der Waals surface area contributed by atoms with Crippen LogP contribution in [-0.4, -0.2) is 106 Å². The number of imidazole rings is 2. The van der Waals surface area contributed by atoms with Crippen LogP contribution in [0.3, 0.4) is 0 Å². The van der Waals surface area contributed by atoms with Crippen LogP contribution in [0.4, 0.5) is 22.8 Å². The highest BCUT2D eigenvalue weighted by Crippen LogP contribution is 2.37. The number of alkyl halides is 3. The van der Waals surface area contributed by atoms with Gasteiger partial charge in [0.1, 0.15) is 29.4 Å². The van der Waals surface area contributed by atoms with Gasteiger partial charge in [-0.25, -0.2) is 19.6 Å². The van der Waals surface area contributed by atoms with Crippen LogP contribution in [0.1, 0.15) is 87.1 Å². The van der Waals surface area contributed by atoms with Crippen molar-refractivity contribution in [2.45, 2.75) is 82.9 Å². The minimum atomic E-state index is -4.83. The van der Waals surface area contributed by atoms with Crippen LogP contribution >= 0.6 is 0 Å². The average molecular weight is 821 g/mol. The number of benzene rings is 2. The molecule has 2 aromatic carbocycles. The molecular weight excluding hydrogens is 773 g/mol. The molecule has 6 rings (SSSR count). The number of rotatable bonds is 10. The summed E-state index contributed by atoms with van der Waals surface area (Å²) in [6.07, 6.45) is -3.07. The summed E-state index contributed by atoms with van der Waals surface area (Å²) in [6.45, 7) is 6.06. The van der Waals surface area contributed by atoms with Crippen molar-refractivity contribution in [1.82, 2.24) is 40.4 Å². The Balaban J connectivity index is 1.20. The zero-order valence-electron chi connectivity index (χ0n) is 33.5. The quantitative estimate of drug-likeness (QED) is 0.143. The summed E-state index contributed by atoms with van der Waals surface area (Å²) >= 11 is 0. The fraction of sp³-hybridized carbons (Fsp3) is 0.463. The summed E-state index contributed by atoms with van der Waals surface area (Å²) in [5.74, 6) is 5.11. The first-order valence-corrected chi connectivity index (χ1v) is 19.2. The molecule has 4 N–H and O–H groups in total. The second-order valence-corrected chi connectivity index (χ2v) is 14.8. The number of carbonyl (C=O) groups excluding carboxylic acids is 4. The number of nitrogens with zero attached hydrogens (tertiary/aromatic N) is 4. The van der Waals surface area contributed by atoms with Crippen LogP contribution in [0.15, 0.2) is 42.6 Å². The van der Waals surface area contributed by atoms with Gasteiger partial charge < -0.3 is 44.6 Å². The first-order chi connectivity index (χ1) is 28.1. The van der Waals surface area contributed by atoms with Gasteiger partial charge in [0.15, 0.2) is 5.69 Å². The van der Waals surface area contributed by atoms with Crippen molar-refractivity contribution in [3.05, 3.63) is 71.2 Å². The Morgan fingerprint density at radius 3 is 2.02 bits per heavy atom. The lowest BCUT2D eigenvalue weighted by atomic mass is 10.0. The van der Waals surface area contributed by atoms with E-state index in [-0.39, 0.29) is 30.2 Å². The van der Waals surface area contributed by atoms with Gasteiger partial charge in [-0.2, -0.15) is 13.2 Å². The highest BCUT2D eigenvalue weighted by atomic mass is 19.4. The molecule has 0 spiro atoms. The molecule has 2 aliphatic rings. The Kier molecular flexibility index (Phi) is 12.8. The van der Waals surface area contributed by atoms with Gasteiger partial charge in [-0.1, -0.05) is 38.0 Å². The summed E-state index contributed by atoms with van der Waals surface area (Å²) in [7, 11) is 3.78. The molecule has 0 bridgehead atoms. The summed E-state index contributed by atoms with van der Waals surface area (Å²) in [4.78, 5) is 68.8. The van der Waals surface area contributed by atoms with E-state index >= 15 is 0 Å². The van der Waals surface area contributed by atoms with Gasteiger partial charge >= 0.3 is 18.4 Å². The highest BCUT2D eigenvalue weighted by Gasteiger charge is 2.42. The standard InChI is InChI=1S/C41H47F3N8O7/c1-22(2)32(48-39(55)58-5)37(53)51-17-7-9-30(51)35-45-21-29(47-35)27-15-14-25-19-24(11-13-26(25)20-27)12-16-28-34(41(42,43)44)50-36(46-28)31-10-8-18-52(31)38(54)33(23(3)57-4)49-40(56)59-6/h11,13-15,19-23,30-33H,7-10,17-18H2,1-6H3,(H,45,47)(H,46,50)(H,48,55)(H,49,56)/t23-,30+,31+,32+,33+/m1/s1. The molecule has 0 aliphatic carbocycles. The zero-order valence-corrected chi connectivity index (χ0v) is 33.5. The molecule has 59 heavy (non-hydrogen) atoms. The number of hydrogen-bond acceptors (Lipinski definition) is 9. The predicted molar refractivity (Wildman–Crippen MR) is 208 cm³/mol. The van der Waals surface area contributed by atoms with E-state index in [4.69, 9.17) is 9.47 Å². The summed E-state index contributed by atoms with van der Waals surface area (Å²) < 4.78 is 57.5. The maximum atomic E-state index is 14.3. The highest BCUT2D eigenvalue weighted by molar-refractivity contribution is 5.89. The lowest BCUT2D eigenvalue weighted by Crippen LogP contribution is -2.54. The van der Waals surface area contributed by atoms with E-state index < -0.39 is 59.9 Å². The number of alkyl carbamates (subject to hydrolysis) is 2. The van der Waals surface area contributed by atoms with Crippen molar-refractivity contribution in [1.29, 1.82) is 0 Å². The van der Waals surface area contributed by atoms with E-state index in [1.54, 1.807) is 30.2 Å². The molecule has 5 atom stereocenters. The molecular formula is C41H47F3N8O7. The molecule has 18 heteroatoms. The number of aromatic amines is 2. The molecule has 15 nitrogen and oxygen atoms in total. The number of fused-ring (bicyclic) bond motifs is 1. The maximum Gasteiger partial charge on any atom is 0.436 e. The number of ether oxygens (including phenoxy) is 3. The number of carbonyl (C=O) groups is 4. The number of amides is 4. The van der Waals surface area contributed by atoms with Crippen LogP contribution in [-0.2, 0) is 30.0 Å². The third kappa shape index (κ3) is 9.30. The molecule has 4 heterocycles. The first-order valence-electron chi connectivity index (χ1n) is 19.2. The third-order valence-electron chi connectivity index (χ3n) is 10.7. The van der Waals surface area contributed by atoms with Crippen LogP contribution in [0.2, 0.25) is 0 Å². The summed E-state index contributed by atoms with van der Waals surface area (Å²) in [6, 6.07) is 8.00. The molecule has 4 aromatic rings. The minimum Gasteiger partial charge on any atom is -0.453 e. The first kappa shape index (κ1) is 42.5. The Morgan fingerprint density at radius 2 is 1.41 bits per heavy atom. The Bertz CT molecular complexity index is 2260. The second-order valence-electron chi connectivity index (χ2n) is 14.8. The third-order valence-corrected chi connectivity index (χ3v) is 10.7. The molecule has 0 saturated carbocycles. The molecule has 2 aliphatic heterocycles. The van der Waals surface area contributed by atoms with Crippen molar-refractivity contribution in [3.8, 4) is 23.1 Å². The van der Waals surface area contributed by atoms with Crippen molar-refractivity contribution in [2.24, 2.45) is 5.92 Å². The molecule has 4 amide bonds. The van der Waals surface area contributed by atoms with E-state index in [2.05, 4.69) is 47.1 Å². The fourth-order valence-corrected chi connectivity index (χ4v) is 7.51. The van der Waals surface area contributed by atoms with E-state index in [1.165, 1.54) is 19.1 Å². The Morgan fingerprint density at radius 1 is 0.814 bits per heavy atom. The smallest absolute Gasteiger partial charge is 0.436 e. The predicted octanol–water partition coefficient (Wildman–Crippen LogP) is 5.84. The number of likely N-dealkylation sites (tertiary alicyclic amines) is 2. The number of halogens is 3. The molecule has 0 unspecified atom stereocenters. The van der Waals surface area contributed by atoms with Crippen LogP contribution in [0.5, 0.6) is 0 Å². The normalized spacial score (nSPS) is 18.3. The Labute approximate surface area is 338 Å². The van der Waals surface area contributed by atoms with Gasteiger partial charge in [0, 0.05) is 31.3 Å². The lowest BCUT2D eigenvalue weighted by molar-refractivity contribution is -0.141. The summed E-state index contributed by atoms with van der Waals surface area (Å²) in [5.41, 5.74) is 0.406. The molecule has 314 valence electrons. The van der Waals surface area contributed by atoms with E-state index in [9.17, 15) is 32.3 Å². The molecule has 2 saturated heterocycles. The van der Waals surface area contributed by atoms with Gasteiger partial charge in [-0.3, -0.25) is 9.59 Å². The second kappa shape index (κ2) is 17.8. The zero-order chi connectivity index (χ0) is 42.6. The topological polar surface area (TPSA) is 184 Å². The maximum absolute atomic E-state index is 14.3. The molecule has 2 aromatic heterocycles.